The number of para-hydroxylation sites is 1. The maximum atomic E-state index is 9.91. The summed E-state index contributed by atoms with van der Waals surface area (Å²) in [4.78, 5) is 0. The Labute approximate surface area is 134 Å². The van der Waals surface area contributed by atoms with Crippen molar-refractivity contribution in [1.82, 2.24) is 0 Å². The van der Waals surface area contributed by atoms with Gasteiger partial charge >= 0.3 is 0 Å². The van der Waals surface area contributed by atoms with Gasteiger partial charge in [0.15, 0.2) is 0 Å². The van der Waals surface area contributed by atoms with Gasteiger partial charge in [-0.25, -0.2) is 0 Å². The average Bonchev–Trinajstić information content (AvgIpc) is 2.58. The van der Waals surface area contributed by atoms with Crippen LogP contribution < -0.4 is 4.74 Å². The van der Waals surface area contributed by atoms with Crippen LogP contribution in [0.1, 0.15) is 11.1 Å². The fraction of sp³-hybridized carbons (Fsp3) is 0.100. The Balaban J connectivity index is 1.93. The lowest BCUT2D eigenvalue weighted by Gasteiger charge is -2.19. The van der Waals surface area contributed by atoms with Crippen LogP contribution in [-0.4, -0.2) is 5.11 Å². The molecule has 3 aromatic carbocycles. The normalized spacial score (nSPS) is 13.2. The molecule has 4 rings (SSSR count). The lowest BCUT2D eigenvalue weighted by Crippen LogP contribution is -2.01. The van der Waals surface area contributed by atoms with Crippen molar-refractivity contribution in [3.05, 3.63) is 77.9 Å². The van der Waals surface area contributed by atoms with Gasteiger partial charge in [0.1, 0.15) is 17.2 Å². The van der Waals surface area contributed by atoms with Crippen molar-refractivity contribution in [2.45, 2.75) is 13.2 Å². The quantitative estimate of drug-likeness (QED) is 0.643. The predicted molar refractivity (Wildman–Crippen MR) is 88.6 cm³/mol. The lowest BCUT2D eigenvalue weighted by molar-refractivity contribution is 0.106. The van der Waals surface area contributed by atoms with Crippen molar-refractivity contribution >= 4 is 0 Å². The number of phenolic OH excluding ortho intramolecular Hbond substituents is 1. The molecule has 114 valence electrons. The number of rotatable bonds is 0. The second-order valence-electron chi connectivity index (χ2n) is 5.54. The molecule has 0 saturated heterocycles. The first-order valence-electron chi connectivity index (χ1n) is 7.56. The summed E-state index contributed by atoms with van der Waals surface area (Å²) in [5.41, 5.74) is 3.95. The van der Waals surface area contributed by atoms with Gasteiger partial charge in [-0.05, 0) is 35.4 Å². The number of hydrogen-bond donors (Lipinski definition) is 1. The first kappa shape index (κ1) is 13.9. The highest BCUT2D eigenvalue weighted by Gasteiger charge is 2.15. The molecular formula is C20H16O3. The van der Waals surface area contributed by atoms with Gasteiger partial charge < -0.3 is 14.6 Å². The van der Waals surface area contributed by atoms with E-state index in [1.807, 2.05) is 48.5 Å². The molecule has 0 atom stereocenters. The Bertz CT molecular complexity index is 855. The van der Waals surface area contributed by atoms with Crippen LogP contribution in [0.15, 0.2) is 66.7 Å². The van der Waals surface area contributed by atoms with Crippen LogP contribution in [0.3, 0.4) is 0 Å². The van der Waals surface area contributed by atoms with Gasteiger partial charge in [-0.2, -0.15) is 0 Å². The number of aromatic hydroxyl groups is 1. The van der Waals surface area contributed by atoms with Crippen LogP contribution >= 0.6 is 0 Å². The molecule has 1 aliphatic heterocycles. The van der Waals surface area contributed by atoms with Gasteiger partial charge in [-0.3, -0.25) is 0 Å². The highest BCUT2D eigenvalue weighted by Crippen LogP contribution is 2.39. The monoisotopic (exact) mass is 304 g/mol. The molecule has 0 bridgehead atoms. The van der Waals surface area contributed by atoms with Crippen molar-refractivity contribution < 1.29 is 14.6 Å². The largest absolute Gasteiger partial charge is 0.508 e. The zero-order valence-electron chi connectivity index (χ0n) is 12.5. The molecule has 1 N–H and O–H groups in total. The molecule has 3 heteroatoms. The molecular weight excluding hydrogens is 288 g/mol. The van der Waals surface area contributed by atoms with Crippen LogP contribution in [0.5, 0.6) is 17.2 Å². The van der Waals surface area contributed by atoms with E-state index in [-0.39, 0.29) is 5.75 Å². The lowest BCUT2D eigenvalue weighted by atomic mass is 9.98. The van der Waals surface area contributed by atoms with Crippen LogP contribution in [-0.2, 0) is 18.0 Å². The van der Waals surface area contributed by atoms with Gasteiger partial charge in [0.2, 0.25) is 0 Å². The minimum absolute atomic E-state index is 0.216. The number of phenols is 1. The van der Waals surface area contributed by atoms with E-state index in [1.165, 1.54) is 0 Å². The molecule has 0 spiro atoms. The second-order valence-corrected chi connectivity index (χ2v) is 5.54. The van der Waals surface area contributed by atoms with Crippen molar-refractivity contribution in [1.29, 1.82) is 0 Å². The van der Waals surface area contributed by atoms with Gasteiger partial charge in [-0.15, -0.1) is 0 Å². The van der Waals surface area contributed by atoms with Gasteiger partial charge in [0.05, 0.1) is 13.2 Å². The average molecular weight is 304 g/mol. The summed E-state index contributed by atoms with van der Waals surface area (Å²) in [5.74, 6) is 1.72. The smallest absolute Gasteiger partial charge is 0.135 e. The Morgan fingerprint density at radius 3 is 2.35 bits per heavy atom. The zero-order chi connectivity index (χ0) is 15.6. The van der Waals surface area contributed by atoms with Crippen LogP contribution in [0.2, 0.25) is 0 Å². The fourth-order valence-corrected chi connectivity index (χ4v) is 2.84. The summed E-state index contributed by atoms with van der Waals surface area (Å²) in [6, 6.07) is 21.1. The Morgan fingerprint density at radius 1 is 0.696 bits per heavy atom. The number of hydrogen-bond acceptors (Lipinski definition) is 3. The number of fused-ring (bicyclic) bond motifs is 4. The molecule has 3 nitrogen and oxygen atoms in total. The second kappa shape index (κ2) is 5.78. The minimum Gasteiger partial charge on any atom is -0.508 e. The molecule has 1 aliphatic rings. The van der Waals surface area contributed by atoms with E-state index in [0.717, 1.165) is 33.8 Å². The Hall–Kier alpha value is -2.78. The van der Waals surface area contributed by atoms with E-state index in [9.17, 15) is 5.11 Å². The molecule has 3 aromatic rings. The summed E-state index contributed by atoms with van der Waals surface area (Å²) in [6.45, 7) is 1.01. The van der Waals surface area contributed by atoms with E-state index >= 15 is 0 Å². The maximum absolute atomic E-state index is 9.91. The summed E-state index contributed by atoms with van der Waals surface area (Å²) < 4.78 is 12.0. The topological polar surface area (TPSA) is 38.7 Å². The van der Waals surface area contributed by atoms with Crippen LogP contribution in [0.4, 0.5) is 0 Å². The molecule has 1 heterocycles. The fourth-order valence-electron chi connectivity index (χ4n) is 2.84. The van der Waals surface area contributed by atoms with E-state index in [1.54, 1.807) is 18.2 Å². The van der Waals surface area contributed by atoms with Crippen molar-refractivity contribution in [2.75, 3.05) is 0 Å². The molecule has 0 aliphatic carbocycles. The van der Waals surface area contributed by atoms with Crippen LogP contribution in [0.25, 0.3) is 11.1 Å². The molecule has 0 amide bonds. The molecule has 0 fully saturated rings. The van der Waals surface area contributed by atoms with Gasteiger partial charge in [0.25, 0.3) is 0 Å². The standard InChI is InChI=1S/C20H16O3/c21-16-9-10-20-18(11-16)17-7-3-1-5-14(17)12-22-13-15-6-2-4-8-19(15)23-20/h1-11,21H,12-13H2. The van der Waals surface area contributed by atoms with Crippen molar-refractivity contribution in [3.63, 3.8) is 0 Å². The molecule has 23 heavy (non-hydrogen) atoms. The third-order valence-electron chi connectivity index (χ3n) is 3.98. The van der Waals surface area contributed by atoms with Crippen molar-refractivity contribution in [3.8, 4) is 28.4 Å². The highest BCUT2D eigenvalue weighted by atomic mass is 16.5. The highest BCUT2D eigenvalue weighted by molar-refractivity contribution is 5.75. The molecule has 0 aromatic heterocycles. The van der Waals surface area contributed by atoms with Crippen molar-refractivity contribution in [2.24, 2.45) is 0 Å². The van der Waals surface area contributed by atoms with Crippen LogP contribution in [0, 0.1) is 0 Å². The maximum Gasteiger partial charge on any atom is 0.135 e. The van der Waals surface area contributed by atoms with E-state index < -0.39 is 0 Å². The number of benzene rings is 3. The predicted octanol–water partition coefficient (Wildman–Crippen LogP) is 4.88. The van der Waals surface area contributed by atoms with E-state index in [2.05, 4.69) is 0 Å². The summed E-state index contributed by atoms with van der Waals surface area (Å²) in [5, 5.41) is 9.91. The third-order valence-corrected chi connectivity index (χ3v) is 3.98. The molecule has 0 unspecified atom stereocenters. The first-order valence-corrected chi connectivity index (χ1v) is 7.56. The zero-order valence-corrected chi connectivity index (χ0v) is 12.5. The Morgan fingerprint density at radius 2 is 1.43 bits per heavy atom. The molecule has 0 radical (unpaired) electrons. The SMILES string of the molecule is Oc1ccc2c(c1)-c1ccccc1COCc1ccccc1O2. The summed E-state index contributed by atoms with van der Waals surface area (Å²) >= 11 is 0. The van der Waals surface area contributed by atoms with E-state index in [4.69, 9.17) is 9.47 Å². The van der Waals surface area contributed by atoms with E-state index in [0.29, 0.717) is 13.2 Å². The Kier molecular flexibility index (Phi) is 3.48. The van der Waals surface area contributed by atoms with Gasteiger partial charge in [0, 0.05) is 11.1 Å². The summed E-state index contributed by atoms with van der Waals surface area (Å²) in [7, 11) is 0. The first-order chi connectivity index (χ1) is 11.3. The third kappa shape index (κ3) is 2.67. The minimum atomic E-state index is 0.216. The molecule has 0 saturated carbocycles. The summed E-state index contributed by atoms with van der Waals surface area (Å²) in [6.07, 6.45) is 0. The van der Waals surface area contributed by atoms with Gasteiger partial charge in [-0.1, -0.05) is 42.5 Å². The number of ether oxygens (including phenoxy) is 2.